The van der Waals surface area contributed by atoms with Crippen LogP contribution in [0.3, 0.4) is 0 Å². The number of carbonyl (C=O) groups is 1. The van der Waals surface area contributed by atoms with E-state index < -0.39 is 6.04 Å². The summed E-state index contributed by atoms with van der Waals surface area (Å²) in [7, 11) is 3.24. The maximum absolute atomic E-state index is 13.0. The lowest BCUT2D eigenvalue weighted by atomic mass is 10.2. The SMILES string of the molecule is COCCn1c(C(C)N(C)C(=O)Nc2cccc(Cl)c2)nc2ccccc2c1=O. The summed E-state index contributed by atoms with van der Waals surface area (Å²) in [5.41, 5.74) is 1.03. The maximum atomic E-state index is 13.0. The molecule has 29 heavy (non-hydrogen) atoms. The van der Waals surface area contributed by atoms with Gasteiger partial charge < -0.3 is 15.0 Å². The van der Waals surface area contributed by atoms with E-state index in [2.05, 4.69) is 10.3 Å². The molecular formula is C21H23ClN4O3. The van der Waals surface area contributed by atoms with Crippen LogP contribution in [0.2, 0.25) is 5.02 Å². The number of aromatic nitrogens is 2. The molecule has 2 amide bonds. The van der Waals surface area contributed by atoms with E-state index in [-0.39, 0.29) is 11.6 Å². The number of carbonyl (C=O) groups excluding carboxylic acids is 1. The van der Waals surface area contributed by atoms with Crippen LogP contribution in [0.1, 0.15) is 18.8 Å². The molecule has 0 bridgehead atoms. The van der Waals surface area contributed by atoms with E-state index in [0.717, 1.165) is 0 Å². The molecule has 0 aliphatic rings. The molecule has 1 atom stereocenters. The normalized spacial score (nSPS) is 12.0. The number of fused-ring (bicyclic) bond motifs is 1. The van der Waals surface area contributed by atoms with Crippen molar-refractivity contribution >= 4 is 34.2 Å². The quantitative estimate of drug-likeness (QED) is 0.663. The Balaban J connectivity index is 1.94. The highest BCUT2D eigenvalue weighted by Crippen LogP contribution is 2.21. The van der Waals surface area contributed by atoms with Gasteiger partial charge in [-0.2, -0.15) is 0 Å². The second-order valence-electron chi connectivity index (χ2n) is 6.66. The van der Waals surface area contributed by atoms with Crippen molar-refractivity contribution < 1.29 is 9.53 Å². The zero-order valence-electron chi connectivity index (χ0n) is 16.6. The first-order chi connectivity index (χ1) is 13.9. The van der Waals surface area contributed by atoms with Crippen LogP contribution < -0.4 is 10.9 Å². The average molecular weight is 415 g/mol. The second kappa shape index (κ2) is 9.07. The Labute approximate surface area is 173 Å². The lowest BCUT2D eigenvalue weighted by Crippen LogP contribution is -2.38. The predicted molar refractivity (Wildman–Crippen MR) is 115 cm³/mol. The van der Waals surface area contributed by atoms with E-state index in [4.69, 9.17) is 16.3 Å². The molecule has 1 aromatic heterocycles. The molecule has 7 nitrogen and oxygen atoms in total. The third-order valence-electron chi connectivity index (χ3n) is 4.76. The van der Waals surface area contributed by atoms with Gasteiger partial charge in [0.1, 0.15) is 5.82 Å². The summed E-state index contributed by atoms with van der Waals surface area (Å²) >= 11 is 5.98. The highest BCUT2D eigenvalue weighted by atomic mass is 35.5. The topological polar surface area (TPSA) is 76.5 Å². The molecule has 1 N–H and O–H groups in total. The molecule has 1 unspecified atom stereocenters. The van der Waals surface area contributed by atoms with Crippen molar-refractivity contribution in [2.45, 2.75) is 19.5 Å². The van der Waals surface area contributed by atoms with E-state index in [0.29, 0.717) is 40.6 Å². The van der Waals surface area contributed by atoms with Crippen molar-refractivity contribution in [3.63, 3.8) is 0 Å². The summed E-state index contributed by atoms with van der Waals surface area (Å²) in [5.74, 6) is 0.495. The Morgan fingerprint density at radius 1 is 1.28 bits per heavy atom. The van der Waals surface area contributed by atoms with Crippen LogP contribution in [0.25, 0.3) is 10.9 Å². The fraction of sp³-hybridized carbons (Fsp3) is 0.286. The summed E-state index contributed by atoms with van der Waals surface area (Å²) in [6, 6.07) is 13.3. The van der Waals surface area contributed by atoms with Crippen LogP contribution in [0.4, 0.5) is 10.5 Å². The van der Waals surface area contributed by atoms with Gasteiger partial charge in [0.05, 0.1) is 30.1 Å². The Bertz CT molecular complexity index is 1080. The van der Waals surface area contributed by atoms with E-state index in [1.807, 2.05) is 13.0 Å². The molecule has 1 heterocycles. The van der Waals surface area contributed by atoms with Gasteiger partial charge in [-0.25, -0.2) is 9.78 Å². The summed E-state index contributed by atoms with van der Waals surface area (Å²) in [6.07, 6.45) is 0. The second-order valence-corrected chi connectivity index (χ2v) is 7.10. The zero-order chi connectivity index (χ0) is 21.0. The lowest BCUT2D eigenvalue weighted by Gasteiger charge is -2.27. The highest BCUT2D eigenvalue weighted by molar-refractivity contribution is 6.30. The Hall–Kier alpha value is -2.90. The summed E-state index contributed by atoms with van der Waals surface area (Å²) in [4.78, 5) is 31.9. The summed E-state index contributed by atoms with van der Waals surface area (Å²) in [5, 5.41) is 3.87. The van der Waals surface area contributed by atoms with Gasteiger partial charge in [-0.15, -0.1) is 0 Å². The number of hydrogen-bond donors (Lipinski definition) is 1. The molecule has 0 saturated heterocycles. The number of urea groups is 1. The lowest BCUT2D eigenvalue weighted by molar-refractivity contribution is 0.180. The Morgan fingerprint density at radius 3 is 2.76 bits per heavy atom. The van der Waals surface area contributed by atoms with Crippen molar-refractivity contribution in [2.75, 3.05) is 26.1 Å². The van der Waals surface area contributed by atoms with Gasteiger partial charge in [0, 0.05) is 24.9 Å². The van der Waals surface area contributed by atoms with E-state index in [9.17, 15) is 9.59 Å². The van der Waals surface area contributed by atoms with Crippen molar-refractivity contribution in [1.29, 1.82) is 0 Å². The third kappa shape index (κ3) is 4.58. The fourth-order valence-corrected chi connectivity index (χ4v) is 3.22. The van der Waals surface area contributed by atoms with Gasteiger partial charge in [-0.05, 0) is 37.3 Å². The van der Waals surface area contributed by atoms with Gasteiger partial charge in [-0.3, -0.25) is 9.36 Å². The third-order valence-corrected chi connectivity index (χ3v) is 5.00. The molecule has 8 heteroatoms. The minimum Gasteiger partial charge on any atom is -0.383 e. The first kappa shape index (κ1) is 20.8. The number of benzene rings is 2. The van der Waals surface area contributed by atoms with Crippen molar-refractivity contribution in [2.24, 2.45) is 0 Å². The van der Waals surface area contributed by atoms with Gasteiger partial charge in [-0.1, -0.05) is 29.8 Å². The minimum atomic E-state index is -0.455. The number of hydrogen-bond acceptors (Lipinski definition) is 4. The molecule has 0 aliphatic heterocycles. The molecule has 152 valence electrons. The minimum absolute atomic E-state index is 0.154. The number of methoxy groups -OCH3 is 1. The number of anilines is 1. The smallest absolute Gasteiger partial charge is 0.322 e. The van der Waals surface area contributed by atoms with Crippen LogP contribution in [-0.2, 0) is 11.3 Å². The molecule has 0 aliphatic carbocycles. The molecule has 3 aromatic rings. The number of para-hydroxylation sites is 1. The highest BCUT2D eigenvalue weighted by Gasteiger charge is 2.23. The number of halogens is 1. The van der Waals surface area contributed by atoms with E-state index in [1.165, 1.54) is 4.90 Å². The Kier molecular flexibility index (Phi) is 6.51. The van der Waals surface area contributed by atoms with Crippen LogP contribution in [0.15, 0.2) is 53.3 Å². The monoisotopic (exact) mass is 414 g/mol. The molecule has 0 spiro atoms. The molecule has 3 rings (SSSR count). The average Bonchev–Trinajstić information content (AvgIpc) is 2.72. The van der Waals surface area contributed by atoms with E-state index in [1.54, 1.807) is 61.2 Å². The number of nitrogens with one attached hydrogen (secondary N) is 1. The van der Waals surface area contributed by atoms with Crippen LogP contribution in [-0.4, -0.2) is 41.2 Å². The Morgan fingerprint density at radius 2 is 2.03 bits per heavy atom. The fourth-order valence-electron chi connectivity index (χ4n) is 3.03. The molecule has 0 saturated carbocycles. The maximum Gasteiger partial charge on any atom is 0.322 e. The number of amides is 2. The largest absolute Gasteiger partial charge is 0.383 e. The number of rotatable bonds is 6. The van der Waals surface area contributed by atoms with Crippen molar-refractivity contribution in [1.82, 2.24) is 14.5 Å². The standard InChI is InChI=1S/C21H23ClN4O3/c1-14(25(2)21(28)23-16-8-6-7-15(22)13-16)19-24-18-10-5-4-9-17(18)20(27)26(19)11-12-29-3/h4-10,13-14H,11-12H2,1-3H3,(H,23,28). The van der Waals surface area contributed by atoms with Gasteiger partial charge in [0.25, 0.3) is 5.56 Å². The van der Waals surface area contributed by atoms with E-state index >= 15 is 0 Å². The summed E-state index contributed by atoms with van der Waals surface area (Å²) in [6.45, 7) is 2.53. The van der Waals surface area contributed by atoms with Gasteiger partial charge in [0.2, 0.25) is 0 Å². The molecule has 0 fully saturated rings. The molecule has 0 radical (unpaired) electrons. The van der Waals surface area contributed by atoms with Gasteiger partial charge >= 0.3 is 6.03 Å². The van der Waals surface area contributed by atoms with Gasteiger partial charge in [0.15, 0.2) is 0 Å². The zero-order valence-corrected chi connectivity index (χ0v) is 17.3. The molecular weight excluding hydrogens is 392 g/mol. The first-order valence-corrected chi connectivity index (χ1v) is 9.58. The van der Waals surface area contributed by atoms with Crippen LogP contribution >= 0.6 is 11.6 Å². The number of ether oxygens (including phenoxy) is 1. The summed E-state index contributed by atoms with van der Waals surface area (Å²) < 4.78 is 6.72. The van der Waals surface area contributed by atoms with Crippen LogP contribution in [0, 0.1) is 0 Å². The predicted octanol–water partition coefficient (Wildman–Crippen LogP) is 3.92. The van der Waals surface area contributed by atoms with Crippen molar-refractivity contribution in [3.8, 4) is 0 Å². The van der Waals surface area contributed by atoms with Crippen LogP contribution in [0.5, 0.6) is 0 Å². The number of nitrogens with zero attached hydrogens (tertiary/aromatic N) is 3. The van der Waals surface area contributed by atoms with Crippen molar-refractivity contribution in [3.05, 3.63) is 69.7 Å². The first-order valence-electron chi connectivity index (χ1n) is 9.20. The molecule has 2 aromatic carbocycles.